The molecule has 0 fully saturated rings. The number of carbonyl (C=O) groups excluding carboxylic acids is 2. The number of halogens is 3. The number of anilines is 1. The second-order valence-corrected chi connectivity index (χ2v) is 6.59. The van der Waals surface area contributed by atoms with Crippen molar-refractivity contribution in [2.24, 2.45) is 0 Å². The number of rotatable bonds is 3. The quantitative estimate of drug-likeness (QED) is 0.633. The fourth-order valence-electron chi connectivity index (χ4n) is 3.30. The molecule has 8 heteroatoms. The molecule has 0 saturated heterocycles. The zero-order chi connectivity index (χ0) is 20.8. The number of fused-ring (bicyclic) bond motifs is 2. The molecule has 1 aliphatic rings. The summed E-state index contributed by atoms with van der Waals surface area (Å²) in [6.07, 6.45) is -4.14. The van der Waals surface area contributed by atoms with Crippen LogP contribution in [0.4, 0.5) is 18.9 Å². The molecule has 1 N–H and O–H groups in total. The van der Waals surface area contributed by atoms with Gasteiger partial charge in [-0.2, -0.15) is 13.2 Å². The third-order valence-electron chi connectivity index (χ3n) is 4.71. The van der Waals surface area contributed by atoms with E-state index in [0.717, 1.165) is 12.1 Å². The predicted molar refractivity (Wildman–Crippen MR) is 100 cm³/mol. The van der Waals surface area contributed by atoms with Crippen LogP contribution in [0.3, 0.4) is 0 Å². The van der Waals surface area contributed by atoms with E-state index in [2.05, 4.69) is 10.3 Å². The maximum Gasteiger partial charge on any atom is 0.416 e. The standard InChI is InChI=1S/C21H15F3N2O3/c1-2-17(27)25-13-7-8-14-15(9-13)26-16-10-29-20(28)19(16)18(14)11-3-5-12(6-4-11)21(22,23)24/h3-9H,2,10H2,1H3,(H,25,27). The van der Waals surface area contributed by atoms with Crippen molar-refractivity contribution < 1.29 is 27.5 Å². The Labute approximate surface area is 163 Å². The summed E-state index contributed by atoms with van der Waals surface area (Å²) in [5.41, 5.74) is 1.86. The van der Waals surface area contributed by atoms with E-state index in [1.54, 1.807) is 25.1 Å². The molecule has 5 nitrogen and oxygen atoms in total. The van der Waals surface area contributed by atoms with Crippen molar-refractivity contribution >= 4 is 28.5 Å². The van der Waals surface area contributed by atoms with Gasteiger partial charge in [0.2, 0.25) is 5.91 Å². The molecular weight excluding hydrogens is 385 g/mol. The van der Waals surface area contributed by atoms with Gasteiger partial charge in [0, 0.05) is 23.1 Å². The molecule has 1 aromatic heterocycles. The molecule has 0 saturated carbocycles. The molecule has 1 amide bonds. The van der Waals surface area contributed by atoms with Crippen molar-refractivity contribution in [3.05, 3.63) is 59.3 Å². The van der Waals surface area contributed by atoms with Crippen LogP contribution in [0.5, 0.6) is 0 Å². The summed E-state index contributed by atoms with van der Waals surface area (Å²) in [5, 5.41) is 3.32. The number of ether oxygens (including phenoxy) is 1. The summed E-state index contributed by atoms with van der Waals surface area (Å²) in [6, 6.07) is 9.63. The van der Waals surface area contributed by atoms with Crippen LogP contribution in [0.15, 0.2) is 42.5 Å². The van der Waals surface area contributed by atoms with Crippen molar-refractivity contribution in [1.82, 2.24) is 4.98 Å². The number of benzene rings is 2. The molecule has 3 aromatic rings. The summed E-state index contributed by atoms with van der Waals surface area (Å²) in [4.78, 5) is 28.4. The Balaban J connectivity index is 1.90. The van der Waals surface area contributed by atoms with Crippen LogP contribution >= 0.6 is 0 Å². The fourth-order valence-corrected chi connectivity index (χ4v) is 3.30. The van der Waals surface area contributed by atoms with E-state index in [4.69, 9.17) is 4.74 Å². The SMILES string of the molecule is CCC(=O)Nc1ccc2c(-c3ccc(C(F)(F)F)cc3)c3c(nc2c1)COC3=O. The number of esters is 1. The van der Waals surface area contributed by atoms with Crippen molar-refractivity contribution in [1.29, 1.82) is 0 Å². The van der Waals surface area contributed by atoms with Gasteiger partial charge in [-0.25, -0.2) is 9.78 Å². The first kappa shape index (κ1) is 18.9. The van der Waals surface area contributed by atoms with E-state index >= 15 is 0 Å². The summed E-state index contributed by atoms with van der Waals surface area (Å²) < 4.78 is 43.8. The van der Waals surface area contributed by atoms with Crippen LogP contribution in [0, 0.1) is 0 Å². The van der Waals surface area contributed by atoms with Crippen LogP contribution in [-0.4, -0.2) is 16.9 Å². The molecule has 2 heterocycles. The highest BCUT2D eigenvalue weighted by Crippen LogP contribution is 2.38. The first-order chi connectivity index (χ1) is 13.8. The number of amides is 1. The number of nitrogens with zero attached hydrogens (tertiary/aromatic N) is 1. The largest absolute Gasteiger partial charge is 0.455 e. The zero-order valence-electron chi connectivity index (χ0n) is 15.3. The predicted octanol–water partition coefficient (Wildman–Crippen LogP) is 4.94. The number of carbonyl (C=O) groups is 2. The number of hydrogen-bond acceptors (Lipinski definition) is 4. The van der Waals surface area contributed by atoms with Crippen LogP contribution in [0.2, 0.25) is 0 Å². The van der Waals surface area contributed by atoms with Crippen LogP contribution in [0.1, 0.15) is 35.0 Å². The Morgan fingerprint density at radius 3 is 2.52 bits per heavy atom. The Bertz CT molecular complexity index is 1140. The molecule has 0 spiro atoms. The summed E-state index contributed by atoms with van der Waals surface area (Å²) in [6.45, 7) is 1.72. The van der Waals surface area contributed by atoms with E-state index in [0.29, 0.717) is 39.8 Å². The third-order valence-corrected chi connectivity index (χ3v) is 4.71. The average molecular weight is 400 g/mol. The van der Waals surface area contributed by atoms with Gasteiger partial charge in [0.05, 0.1) is 22.3 Å². The average Bonchev–Trinajstić information content (AvgIpc) is 3.06. The van der Waals surface area contributed by atoms with Gasteiger partial charge in [0.15, 0.2) is 0 Å². The minimum Gasteiger partial charge on any atom is -0.455 e. The number of hydrogen-bond donors (Lipinski definition) is 1. The lowest BCUT2D eigenvalue weighted by molar-refractivity contribution is -0.137. The first-order valence-electron chi connectivity index (χ1n) is 8.89. The third kappa shape index (κ3) is 3.41. The number of alkyl halides is 3. The van der Waals surface area contributed by atoms with Gasteiger partial charge in [-0.3, -0.25) is 4.79 Å². The highest BCUT2D eigenvalue weighted by Gasteiger charge is 2.32. The van der Waals surface area contributed by atoms with Gasteiger partial charge in [-0.15, -0.1) is 0 Å². The van der Waals surface area contributed by atoms with Gasteiger partial charge in [-0.1, -0.05) is 25.1 Å². The van der Waals surface area contributed by atoms with E-state index in [9.17, 15) is 22.8 Å². The van der Waals surface area contributed by atoms with Gasteiger partial charge in [-0.05, 0) is 29.8 Å². The van der Waals surface area contributed by atoms with Crippen LogP contribution < -0.4 is 5.32 Å². The molecule has 0 atom stereocenters. The molecule has 0 radical (unpaired) electrons. The molecule has 1 aliphatic heterocycles. The molecule has 0 aliphatic carbocycles. The number of nitrogens with one attached hydrogen (secondary N) is 1. The van der Waals surface area contributed by atoms with Crippen molar-refractivity contribution in [2.75, 3.05) is 5.32 Å². The number of cyclic esters (lactones) is 1. The highest BCUT2D eigenvalue weighted by atomic mass is 19.4. The van der Waals surface area contributed by atoms with Gasteiger partial charge in [0.25, 0.3) is 0 Å². The molecule has 29 heavy (non-hydrogen) atoms. The lowest BCUT2D eigenvalue weighted by atomic mass is 9.94. The summed E-state index contributed by atoms with van der Waals surface area (Å²) in [7, 11) is 0. The van der Waals surface area contributed by atoms with Gasteiger partial charge in [0.1, 0.15) is 6.61 Å². The number of pyridine rings is 1. The Morgan fingerprint density at radius 2 is 1.86 bits per heavy atom. The van der Waals surface area contributed by atoms with E-state index in [1.807, 2.05) is 0 Å². The lowest BCUT2D eigenvalue weighted by Gasteiger charge is -2.13. The van der Waals surface area contributed by atoms with Gasteiger partial charge < -0.3 is 10.1 Å². The Hall–Kier alpha value is -3.42. The minimum atomic E-state index is -4.45. The molecule has 2 aromatic carbocycles. The second kappa shape index (κ2) is 6.88. The minimum absolute atomic E-state index is 0.0106. The monoisotopic (exact) mass is 400 g/mol. The molecule has 148 valence electrons. The topological polar surface area (TPSA) is 68.3 Å². The van der Waals surface area contributed by atoms with Crippen molar-refractivity contribution in [2.45, 2.75) is 26.1 Å². The zero-order valence-corrected chi connectivity index (χ0v) is 15.3. The van der Waals surface area contributed by atoms with Crippen LogP contribution in [-0.2, 0) is 22.3 Å². The number of aromatic nitrogens is 1. The molecule has 4 rings (SSSR count). The fraction of sp³-hybridized carbons (Fsp3) is 0.190. The van der Waals surface area contributed by atoms with Crippen LogP contribution in [0.25, 0.3) is 22.0 Å². The van der Waals surface area contributed by atoms with E-state index < -0.39 is 17.7 Å². The van der Waals surface area contributed by atoms with Gasteiger partial charge >= 0.3 is 12.1 Å². The maximum absolute atomic E-state index is 12.9. The molecule has 0 bridgehead atoms. The second-order valence-electron chi connectivity index (χ2n) is 6.59. The Kier molecular flexibility index (Phi) is 4.49. The maximum atomic E-state index is 12.9. The molecular formula is C21H15F3N2O3. The van der Waals surface area contributed by atoms with E-state index in [1.165, 1.54) is 12.1 Å². The summed E-state index contributed by atoms with van der Waals surface area (Å²) >= 11 is 0. The summed E-state index contributed by atoms with van der Waals surface area (Å²) in [5.74, 6) is -0.723. The normalized spacial score (nSPS) is 13.3. The molecule has 0 unspecified atom stereocenters. The van der Waals surface area contributed by atoms with Crippen molar-refractivity contribution in [3.8, 4) is 11.1 Å². The highest BCUT2D eigenvalue weighted by molar-refractivity contribution is 6.09. The van der Waals surface area contributed by atoms with Crippen molar-refractivity contribution in [3.63, 3.8) is 0 Å². The first-order valence-corrected chi connectivity index (χ1v) is 8.89. The Morgan fingerprint density at radius 1 is 1.14 bits per heavy atom. The lowest BCUT2D eigenvalue weighted by Crippen LogP contribution is -2.09. The van der Waals surface area contributed by atoms with E-state index in [-0.39, 0.29) is 18.1 Å². The smallest absolute Gasteiger partial charge is 0.416 e.